The van der Waals surface area contributed by atoms with Gasteiger partial charge in [-0.2, -0.15) is 0 Å². The molecule has 6 atom stereocenters. The number of fused-ring (bicyclic) bond motifs is 4. The fourth-order valence-corrected chi connectivity index (χ4v) is 6.87. The number of rotatable bonds is 1. The van der Waals surface area contributed by atoms with Crippen LogP contribution >= 0.6 is 0 Å². The van der Waals surface area contributed by atoms with E-state index in [4.69, 9.17) is 9.15 Å². The first-order valence-corrected chi connectivity index (χ1v) is 9.56. The van der Waals surface area contributed by atoms with Crippen LogP contribution in [0.2, 0.25) is 0 Å². The van der Waals surface area contributed by atoms with E-state index in [0.29, 0.717) is 17.8 Å². The lowest BCUT2D eigenvalue weighted by Gasteiger charge is -2.60. The van der Waals surface area contributed by atoms with E-state index in [2.05, 4.69) is 26.8 Å². The van der Waals surface area contributed by atoms with Gasteiger partial charge in [0.05, 0.1) is 18.8 Å². The van der Waals surface area contributed by atoms with Crippen LogP contribution in [-0.4, -0.2) is 13.1 Å². The summed E-state index contributed by atoms with van der Waals surface area (Å²) in [5, 5.41) is 0. The molecule has 0 aromatic carbocycles. The molecular weight excluding hydrogens is 300 g/mol. The zero-order chi connectivity index (χ0) is 17.1. The predicted octanol–water partition coefficient (Wildman–Crippen LogP) is 4.95. The monoisotopic (exact) mass is 330 g/mol. The lowest BCUT2D eigenvalue weighted by atomic mass is 9.43. The zero-order valence-corrected chi connectivity index (χ0v) is 15.4. The van der Waals surface area contributed by atoms with Crippen molar-refractivity contribution in [2.75, 3.05) is 7.11 Å². The molecule has 0 amide bonds. The molecule has 2 saturated carbocycles. The molecule has 132 valence electrons. The third-order valence-corrected chi connectivity index (χ3v) is 8.10. The van der Waals surface area contributed by atoms with Gasteiger partial charge in [0.1, 0.15) is 5.76 Å². The average molecular weight is 330 g/mol. The normalized spacial score (nSPS) is 44.2. The van der Waals surface area contributed by atoms with Gasteiger partial charge < -0.3 is 9.15 Å². The molecule has 3 aliphatic carbocycles. The summed E-state index contributed by atoms with van der Waals surface area (Å²) in [5.41, 5.74) is 1.31. The maximum atomic E-state index is 12.6. The maximum Gasteiger partial charge on any atom is 0.311 e. The van der Waals surface area contributed by atoms with Crippen molar-refractivity contribution < 1.29 is 13.9 Å². The highest BCUT2D eigenvalue weighted by Gasteiger charge is 2.60. The smallest absolute Gasteiger partial charge is 0.311 e. The van der Waals surface area contributed by atoms with Crippen molar-refractivity contribution in [1.29, 1.82) is 0 Å². The predicted molar refractivity (Wildman–Crippen MR) is 92.6 cm³/mol. The summed E-state index contributed by atoms with van der Waals surface area (Å²) in [6, 6.07) is 2.17. The van der Waals surface area contributed by atoms with Crippen LogP contribution < -0.4 is 0 Å². The van der Waals surface area contributed by atoms with Crippen molar-refractivity contribution in [3.8, 4) is 0 Å². The Balaban J connectivity index is 1.74. The number of carbonyl (C=O) groups excluding carboxylic acids is 1. The van der Waals surface area contributed by atoms with Crippen molar-refractivity contribution in [3.63, 3.8) is 0 Å². The van der Waals surface area contributed by atoms with Gasteiger partial charge in [-0.05, 0) is 73.3 Å². The molecule has 24 heavy (non-hydrogen) atoms. The molecule has 0 aliphatic heterocycles. The molecule has 3 heteroatoms. The van der Waals surface area contributed by atoms with Gasteiger partial charge in [-0.15, -0.1) is 0 Å². The molecule has 1 heterocycles. The minimum Gasteiger partial charge on any atom is -0.469 e. The quantitative estimate of drug-likeness (QED) is 0.684. The molecule has 0 unspecified atom stereocenters. The summed E-state index contributed by atoms with van der Waals surface area (Å²) >= 11 is 0. The van der Waals surface area contributed by atoms with Crippen molar-refractivity contribution in [1.82, 2.24) is 0 Å². The van der Waals surface area contributed by atoms with Crippen LogP contribution in [-0.2, 0) is 16.0 Å². The van der Waals surface area contributed by atoms with Crippen molar-refractivity contribution >= 4 is 5.97 Å². The van der Waals surface area contributed by atoms with Gasteiger partial charge >= 0.3 is 5.97 Å². The van der Waals surface area contributed by atoms with Gasteiger partial charge in [0.2, 0.25) is 0 Å². The zero-order valence-electron chi connectivity index (χ0n) is 15.4. The number of methoxy groups -OCH3 is 1. The third kappa shape index (κ3) is 1.99. The highest BCUT2D eigenvalue weighted by molar-refractivity contribution is 5.77. The summed E-state index contributed by atoms with van der Waals surface area (Å²) in [7, 11) is 1.54. The highest BCUT2D eigenvalue weighted by Crippen LogP contribution is 2.65. The molecule has 0 spiro atoms. The van der Waals surface area contributed by atoms with E-state index in [1.807, 2.05) is 6.26 Å². The molecule has 1 aromatic rings. The molecule has 1 aromatic heterocycles. The molecule has 0 saturated heterocycles. The summed E-state index contributed by atoms with van der Waals surface area (Å²) in [6.07, 6.45) is 8.61. The second kappa shape index (κ2) is 5.37. The van der Waals surface area contributed by atoms with E-state index in [1.165, 1.54) is 24.2 Å². The Kier molecular flexibility index (Phi) is 3.63. The Morgan fingerprint density at radius 2 is 2.08 bits per heavy atom. The molecule has 0 N–H and O–H groups in total. The molecule has 3 nitrogen and oxygen atoms in total. The second-order valence-corrected chi connectivity index (χ2v) is 8.96. The number of hydrogen-bond acceptors (Lipinski definition) is 3. The van der Waals surface area contributed by atoms with Gasteiger partial charge in [-0.3, -0.25) is 4.79 Å². The number of furan rings is 1. The second-order valence-electron chi connectivity index (χ2n) is 8.96. The first-order valence-electron chi connectivity index (χ1n) is 9.56. The number of hydrogen-bond donors (Lipinski definition) is 0. The lowest BCUT2D eigenvalue weighted by Crippen LogP contribution is -2.56. The van der Waals surface area contributed by atoms with Gasteiger partial charge in [0, 0.05) is 6.42 Å². The van der Waals surface area contributed by atoms with E-state index >= 15 is 0 Å². The fourth-order valence-electron chi connectivity index (χ4n) is 6.87. The number of carbonyl (C=O) groups is 1. The first kappa shape index (κ1) is 16.2. The van der Waals surface area contributed by atoms with Crippen LogP contribution in [0.1, 0.15) is 70.1 Å². The van der Waals surface area contributed by atoms with E-state index in [-0.39, 0.29) is 16.8 Å². The Morgan fingerprint density at radius 3 is 2.83 bits per heavy atom. The van der Waals surface area contributed by atoms with Gasteiger partial charge in [-0.1, -0.05) is 20.3 Å². The van der Waals surface area contributed by atoms with Crippen molar-refractivity contribution in [3.05, 3.63) is 23.7 Å². The lowest BCUT2D eigenvalue weighted by molar-refractivity contribution is -0.174. The molecule has 4 rings (SSSR count). The Bertz CT molecular complexity index is 647. The standard InChI is InChI=1S/C21H30O3/c1-13-14-6-7-18-20(2,9-5-10-21(18,3)19(22)23-4)16(14)12-17-15(13)8-11-24-17/h8,11,13-14,16,18H,5-7,9-10,12H2,1-4H3/t13-,14+,16-,18+,20-,21+/m1/s1. The highest BCUT2D eigenvalue weighted by atomic mass is 16.5. The molecule has 0 radical (unpaired) electrons. The largest absolute Gasteiger partial charge is 0.469 e. The first-order chi connectivity index (χ1) is 11.4. The van der Waals surface area contributed by atoms with E-state index < -0.39 is 0 Å². The van der Waals surface area contributed by atoms with Crippen LogP contribution in [0.3, 0.4) is 0 Å². The SMILES string of the molecule is COC(=O)[C@@]1(C)CCC[C@]2(C)[C@@H]3Cc4occc4[C@H](C)[C@@H]3CC[C@@H]21. The average Bonchev–Trinajstić information content (AvgIpc) is 3.03. The van der Waals surface area contributed by atoms with E-state index in [0.717, 1.165) is 31.6 Å². The fraction of sp³-hybridized carbons (Fsp3) is 0.762. The molecule has 3 aliphatic rings. The number of ether oxygens (including phenoxy) is 1. The Labute approximate surface area is 145 Å². The number of esters is 1. The Morgan fingerprint density at radius 1 is 1.29 bits per heavy atom. The van der Waals surface area contributed by atoms with Gasteiger partial charge in [-0.25, -0.2) is 0 Å². The van der Waals surface area contributed by atoms with Crippen LogP contribution in [0.15, 0.2) is 16.7 Å². The van der Waals surface area contributed by atoms with Crippen molar-refractivity contribution in [2.24, 2.45) is 28.6 Å². The van der Waals surface area contributed by atoms with Crippen LogP contribution in [0.4, 0.5) is 0 Å². The van der Waals surface area contributed by atoms with Gasteiger partial charge in [0.25, 0.3) is 0 Å². The van der Waals surface area contributed by atoms with E-state index in [1.54, 1.807) is 7.11 Å². The van der Waals surface area contributed by atoms with Crippen LogP contribution in [0.25, 0.3) is 0 Å². The molecule has 2 fully saturated rings. The summed E-state index contributed by atoms with van der Waals surface area (Å²) in [4.78, 5) is 12.6. The molecule has 0 bridgehead atoms. The molecular formula is C21H30O3. The summed E-state index contributed by atoms with van der Waals surface area (Å²) in [6.45, 7) is 6.98. The van der Waals surface area contributed by atoms with E-state index in [9.17, 15) is 4.79 Å². The van der Waals surface area contributed by atoms with Crippen molar-refractivity contribution in [2.45, 2.75) is 65.2 Å². The van der Waals surface area contributed by atoms with Gasteiger partial charge in [0.15, 0.2) is 0 Å². The third-order valence-electron chi connectivity index (χ3n) is 8.10. The minimum absolute atomic E-state index is 0.000537. The summed E-state index contributed by atoms with van der Waals surface area (Å²) in [5.74, 6) is 3.53. The summed E-state index contributed by atoms with van der Waals surface area (Å²) < 4.78 is 11.1. The Hall–Kier alpha value is -1.25. The topological polar surface area (TPSA) is 39.4 Å². The maximum absolute atomic E-state index is 12.6. The van der Waals surface area contributed by atoms with Crippen LogP contribution in [0.5, 0.6) is 0 Å². The van der Waals surface area contributed by atoms with Crippen LogP contribution in [0, 0.1) is 28.6 Å². The minimum atomic E-state index is -0.320.